The smallest absolute Gasteiger partial charge is 0.119 e. The summed E-state index contributed by atoms with van der Waals surface area (Å²) in [6, 6.07) is 14.5. The van der Waals surface area contributed by atoms with E-state index >= 15 is 0 Å². The zero-order valence-electron chi connectivity index (χ0n) is 14.4. The van der Waals surface area contributed by atoms with Crippen molar-refractivity contribution in [2.45, 2.75) is 31.9 Å². The Kier molecular flexibility index (Phi) is 7.72. The molecule has 3 atom stereocenters. The van der Waals surface area contributed by atoms with Gasteiger partial charge in [-0.25, -0.2) is 0 Å². The summed E-state index contributed by atoms with van der Waals surface area (Å²) in [5.41, 5.74) is 8.07. The van der Waals surface area contributed by atoms with Crippen LogP contribution in [0, 0.1) is 5.92 Å². The molecule has 0 saturated carbocycles. The predicted molar refractivity (Wildman–Crippen MR) is 101 cm³/mol. The number of aryl methyl sites for hydroxylation is 1. The molecule has 0 saturated heterocycles. The number of aliphatic hydroxyl groups excluding tert-OH is 2. The minimum absolute atomic E-state index is 0.0388. The molecule has 5 heteroatoms. The zero-order chi connectivity index (χ0) is 18.2. The maximum atomic E-state index is 10.4. The number of benzene rings is 2. The van der Waals surface area contributed by atoms with Gasteiger partial charge in [-0.1, -0.05) is 42.8 Å². The highest BCUT2D eigenvalue weighted by Gasteiger charge is 2.23. The van der Waals surface area contributed by atoms with E-state index in [9.17, 15) is 5.11 Å². The Hall–Kier alpha value is -1.59. The Labute approximate surface area is 154 Å². The molecule has 0 fully saturated rings. The fourth-order valence-electron chi connectivity index (χ4n) is 2.60. The number of hydrogen-bond donors (Lipinski definition) is 3. The molecule has 4 N–H and O–H groups in total. The van der Waals surface area contributed by atoms with Crippen LogP contribution in [-0.4, -0.2) is 29.5 Å². The Morgan fingerprint density at radius 2 is 1.88 bits per heavy atom. The fraction of sp³-hybridized carbons (Fsp3) is 0.400. The lowest BCUT2D eigenvalue weighted by atomic mass is 9.93. The van der Waals surface area contributed by atoms with E-state index in [1.54, 1.807) is 18.2 Å². The van der Waals surface area contributed by atoms with E-state index < -0.39 is 12.1 Å². The van der Waals surface area contributed by atoms with Crippen molar-refractivity contribution in [3.05, 3.63) is 64.7 Å². The van der Waals surface area contributed by atoms with Crippen molar-refractivity contribution in [2.24, 2.45) is 11.7 Å². The van der Waals surface area contributed by atoms with E-state index in [0.717, 1.165) is 18.6 Å². The van der Waals surface area contributed by atoms with Crippen molar-refractivity contribution in [1.82, 2.24) is 0 Å². The highest BCUT2D eigenvalue weighted by Crippen LogP contribution is 2.24. The number of hydrogen-bond acceptors (Lipinski definition) is 4. The van der Waals surface area contributed by atoms with E-state index in [0.29, 0.717) is 17.2 Å². The van der Waals surface area contributed by atoms with E-state index in [2.05, 4.69) is 0 Å². The van der Waals surface area contributed by atoms with Gasteiger partial charge in [0.1, 0.15) is 5.75 Å². The Bertz CT molecular complexity index is 648. The molecule has 0 heterocycles. The highest BCUT2D eigenvalue weighted by molar-refractivity contribution is 6.30. The summed E-state index contributed by atoms with van der Waals surface area (Å²) in [5, 5.41) is 19.9. The Balaban J connectivity index is 1.87. The third kappa shape index (κ3) is 6.01. The van der Waals surface area contributed by atoms with Crippen molar-refractivity contribution in [3.8, 4) is 5.75 Å². The molecule has 2 aromatic carbocycles. The summed E-state index contributed by atoms with van der Waals surface area (Å²) in [7, 11) is 0. The molecule has 0 spiro atoms. The molecule has 0 aromatic heterocycles. The molecular weight excluding hydrogens is 338 g/mol. The van der Waals surface area contributed by atoms with Crippen molar-refractivity contribution in [1.29, 1.82) is 0 Å². The second-order valence-electron chi connectivity index (χ2n) is 6.34. The van der Waals surface area contributed by atoms with Crippen LogP contribution in [0.1, 0.15) is 30.6 Å². The summed E-state index contributed by atoms with van der Waals surface area (Å²) in [5.74, 6) is 0.729. The standard InChI is InChI=1S/C20H26ClNO3/c1-14(19(22)20(24)16-5-2-6-17(21)12-16)13-25-18-9-7-15(8-10-18)4-3-11-23/h2,5-10,12,14,19-20,23-24H,3-4,11,13,22H2,1H3. The molecule has 25 heavy (non-hydrogen) atoms. The number of aliphatic hydroxyl groups is 2. The van der Waals surface area contributed by atoms with Gasteiger partial charge in [-0.05, 0) is 48.2 Å². The molecule has 0 radical (unpaired) electrons. The van der Waals surface area contributed by atoms with Crippen LogP contribution in [0.5, 0.6) is 5.75 Å². The van der Waals surface area contributed by atoms with E-state index in [-0.39, 0.29) is 12.5 Å². The molecule has 0 aliphatic carbocycles. The molecule has 0 amide bonds. The molecule has 136 valence electrons. The molecular formula is C20H26ClNO3. The predicted octanol–water partition coefficient (Wildman–Crippen LogP) is 3.34. The lowest BCUT2D eigenvalue weighted by molar-refractivity contribution is 0.103. The summed E-state index contributed by atoms with van der Waals surface area (Å²) in [4.78, 5) is 0. The van der Waals surface area contributed by atoms with E-state index in [1.165, 1.54) is 5.56 Å². The Morgan fingerprint density at radius 1 is 1.16 bits per heavy atom. The first kappa shape index (κ1) is 19.7. The van der Waals surface area contributed by atoms with Crippen molar-refractivity contribution >= 4 is 11.6 Å². The van der Waals surface area contributed by atoms with Crippen LogP contribution in [-0.2, 0) is 6.42 Å². The summed E-state index contributed by atoms with van der Waals surface area (Å²) >= 11 is 5.97. The normalized spacial score (nSPS) is 14.8. The summed E-state index contributed by atoms with van der Waals surface area (Å²) in [6.45, 7) is 2.56. The lowest BCUT2D eigenvalue weighted by Gasteiger charge is -2.25. The first-order valence-electron chi connectivity index (χ1n) is 8.53. The summed E-state index contributed by atoms with van der Waals surface area (Å²) in [6.07, 6.45) is 0.815. The minimum Gasteiger partial charge on any atom is -0.493 e. The fourth-order valence-corrected chi connectivity index (χ4v) is 2.80. The minimum atomic E-state index is -0.793. The molecule has 0 aliphatic rings. The van der Waals surface area contributed by atoms with E-state index in [1.807, 2.05) is 37.3 Å². The quantitative estimate of drug-likeness (QED) is 0.638. The largest absolute Gasteiger partial charge is 0.493 e. The van der Waals surface area contributed by atoms with Gasteiger partial charge in [0, 0.05) is 23.6 Å². The number of rotatable bonds is 9. The first-order chi connectivity index (χ1) is 12.0. The van der Waals surface area contributed by atoms with Crippen molar-refractivity contribution in [2.75, 3.05) is 13.2 Å². The van der Waals surface area contributed by atoms with Crippen molar-refractivity contribution < 1.29 is 14.9 Å². The first-order valence-corrected chi connectivity index (χ1v) is 8.90. The van der Waals surface area contributed by atoms with Gasteiger partial charge in [0.25, 0.3) is 0 Å². The molecule has 0 bridgehead atoms. The maximum absolute atomic E-state index is 10.4. The monoisotopic (exact) mass is 363 g/mol. The Morgan fingerprint density at radius 3 is 2.52 bits per heavy atom. The third-order valence-electron chi connectivity index (χ3n) is 4.27. The second-order valence-corrected chi connectivity index (χ2v) is 6.77. The van der Waals surface area contributed by atoms with E-state index in [4.69, 9.17) is 27.2 Å². The topological polar surface area (TPSA) is 75.7 Å². The number of nitrogens with two attached hydrogens (primary N) is 1. The van der Waals surface area contributed by atoms with Crippen LogP contribution >= 0.6 is 11.6 Å². The highest BCUT2D eigenvalue weighted by atomic mass is 35.5. The van der Waals surface area contributed by atoms with Gasteiger partial charge in [-0.3, -0.25) is 0 Å². The SMILES string of the molecule is CC(COc1ccc(CCCO)cc1)C(N)C(O)c1cccc(Cl)c1. The van der Waals surface area contributed by atoms with Crippen LogP contribution in [0.25, 0.3) is 0 Å². The average molecular weight is 364 g/mol. The lowest BCUT2D eigenvalue weighted by Crippen LogP contribution is -2.37. The molecule has 4 nitrogen and oxygen atoms in total. The van der Waals surface area contributed by atoms with Crippen LogP contribution in [0.2, 0.25) is 5.02 Å². The molecule has 2 rings (SSSR count). The third-order valence-corrected chi connectivity index (χ3v) is 4.51. The summed E-state index contributed by atoms with van der Waals surface area (Å²) < 4.78 is 5.79. The average Bonchev–Trinajstić information content (AvgIpc) is 2.64. The van der Waals surface area contributed by atoms with Crippen LogP contribution < -0.4 is 10.5 Å². The molecule has 2 aromatic rings. The van der Waals surface area contributed by atoms with Crippen LogP contribution in [0.15, 0.2) is 48.5 Å². The van der Waals surface area contributed by atoms with Gasteiger partial charge >= 0.3 is 0 Å². The van der Waals surface area contributed by atoms with Gasteiger partial charge in [-0.15, -0.1) is 0 Å². The zero-order valence-corrected chi connectivity index (χ0v) is 15.2. The van der Waals surface area contributed by atoms with Crippen LogP contribution in [0.4, 0.5) is 0 Å². The van der Waals surface area contributed by atoms with Gasteiger partial charge in [0.15, 0.2) is 0 Å². The van der Waals surface area contributed by atoms with Gasteiger partial charge in [0.2, 0.25) is 0 Å². The second kappa shape index (κ2) is 9.78. The number of ether oxygens (including phenoxy) is 1. The van der Waals surface area contributed by atoms with Gasteiger partial charge in [-0.2, -0.15) is 0 Å². The van der Waals surface area contributed by atoms with Crippen LogP contribution in [0.3, 0.4) is 0 Å². The molecule has 3 unspecified atom stereocenters. The van der Waals surface area contributed by atoms with Gasteiger partial charge < -0.3 is 20.7 Å². The number of halogens is 1. The molecule has 0 aliphatic heterocycles. The van der Waals surface area contributed by atoms with Gasteiger partial charge in [0.05, 0.1) is 12.7 Å². The maximum Gasteiger partial charge on any atom is 0.119 e. The van der Waals surface area contributed by atoms with Crippen molar-refractivity contribution in [3.63, 3.8) is 0 Å².